The molecular formula is C18H22FN4O2S+. The quantitative estimate of drug-likeness (QED) is 0.730. The topological polar surface area (TPSA) is 64.1 Å². The van der Waals surface area contributed by atoms with Gasteiger partial charge in [0.05, 0.1) is 0 Å². The maximum Gasteiger partial charge on any atom is 0.235 e. The van der Waals surface area contributed by atoms with Crippen LogP contribution in [0.15, 0.2) is 24.3 Å². The first kappa shape index (κ1) is 17.4. The number of aromatic hydroxyl groups is 1. The average molecular weight is 377 g/mol. The summed E-state index contributed by atoms with van der Waals surface area (Å²) < 4.78 is 20.8. The zero-order valence-electron chi connectivity index (χ0n) is 14.9. The van der Waals surface area contributed by atoms with Crippen LogP contribution >= 0.6 is 11.3 Å². The highest BCUT2D eigenvalue weighted by Crippen LogP contribution is 2.35. The molecule has 0 amide bonds. The van der Waals surface area contributed by atoms with Crippen LogP contribution in [0.1, 0.15) is 36.2 Å². The fraction of sp³-hybridized carbons (Fsp3) is 0.444. The van der Waals surface area contributed by atoms with E-state index in [4.69, 9.17) is 4.74 Å². The molecule has 0 aliphatic carbocycles. The van der Waals surface area contributed by atoms with Gasteiger partial charge in [0.25, 0.3) is 0 Å². The maximum atomic E-state index is 13.5. The smallest absolute Gasteiger partial charge is 0.235 e. The number of nitrogens with zero attached hydrogens (tertiary/aromatic N) is 3. The largest absolute Gasteiger partial charge is 0.492 e. The number of aryl methyl sites for hydroxylation is 1. The molecule has 0 radical (unpaired) electrons. The second kappa shape index (κ2) is 6.61. The van der Waals surface area contributed by atoms with Crippen LogP contribution in [-0.4, -0.2) is 45.0 Å². The van der Waals surface area contributed by atoms with Crippen molar-refractivity contribution in [1.29, 1.82) is 0 Å². The molecule has 1 unspecified atom stereocenters. The number of fused-ring (bicyclic) bond motifs is 1. The van der Waals surface area contributed by atoms with Gasteiger partial charge in [-0.25, -0.2) is 9.37 Å². The summed E-state index contributed by atoms with van der Waals surface area (Å²) in [6.45, 7) is 7.52. The summed E-state index contributed by atoms with van der Waals surface area (Å²) in [4.78, 5) is 7.11. The van der Waals surface area contributed by atoms with Gasteiger partial charge in [-0.15, -0.1) is 5.10 Å². The molecule has 2 N–H and O–H groups in total. The first-order chi connectivity index (χ1) is 12.4. The second-order valence-electron chi connectivity index (χ2n) is 6.95. The molecule has 6 nitrogen and oxygen atoms in total. The van der Waals surface area contributed by atoms with Crippen LogP contribution in [-0.2, 0) is 4.74 Å². The summed E-state index contributed by atoms with van der Waals surface area (Å²) in [5.41, 5.74) is 0.958. The van der Waals surface area contributed by atoms with E-state index in [-0.39, 0.29) is 29.9 Å². The molecule has 1 aliphatic rings. The Hall–Kier alpha value is -2.03. The van der Waals surface area contributed by atoms with E-state index in [0.717, 1.165) is 23.5 Å². The Morgan fingerprint density at radius 3 is 2.54 bits per heavy atom. The number of aromatic nitrogens is 3. The van der Waals surface area contributed by atoms with Gasteiger partial charge in [-0.1, -0.05) is 11.3 Å². The number of halogens is 1. The monoisotopic (exact) mass is 377 g/mol. The van der Waals surface area contributed by atoms with E-state index in [1.165, 1.54) is 32.9 Å². The van der Waals surface area contributed by atoms with Crippen molar-refractivity contribution in [3.63, 3.8) is 0 Å². The van der Waals surface area contributed by atoms with Crippen LogP contribution < -0.4 is 4.90 Å². The third-order valence-electron chi connectivity index (χ3n) is 4.74. The van der Waals surface area contributed by atoms with E-state index in [0.29, 0.717) is 10.8 Å². The molecule has 8 heteroatoms. The summed E-state index contributed by atoms with van der Waals surface area (Å²) in [7, 11) is 0. The SMILES string of the molecule is Cc1nc2sc([C@H](c3ccc(F)cc3)[NH+]3C[C@@H](C)O[C@@H](C)C3)c(O)n2n1. The highest BCUT2D eigenvalue weighted by molar-refractivity contribution is 7.17. The van der Waals surface area contributed by atoms with Gasteiger partial charge in [0.15, 0.2) is 6.04 Å². The molecule has 26 heavy (non-hydrogen) atoms. The van der Waals surface area contributed by atoms with Gasteiger partial charge in [0.2, 0.25) is 10.8 Å². The molecule has 3 heterocycles. The molecule has 1 aliphatic heterocycles. The Bertz CT molecular complexity index is 913. The number of hydrogen-bond acceptors (Lipinski definition) is 5. The molecule has 1 fully saturated rings. The molecule has 4 rings (SSSR count). The van der Waals surface area contributed by atoms with Crippen molar-refractivity contribution in [1.82, 2.24) is 14.6 Å². The Morgan fingerprint density at radius 1 is 1.27 bits per heavy atom. The average Bonchev–Trinajstić information content (AvgIpc) is 3.07. The molecule has 1 saturated heterocycles. The minimum atomic E-state index is -0.270. The molecule has 0 bridgehead atoms. The minimum Gasteiger partial charge on any atom is -0.492 e. The summed E-state index contributed by atoms with van der Waals surface area (Å²) >= 11 is 1.43. The highest BCUT2D eigenvalue weighted by Gasteiger charge is 2.37. The van der Waals surface area contributed by atoms with Gasteiger partial charge >= 0.3 is 0 Å². The number of quaternary nitrogens is 1. The number of benzene rings is 1. The van der Waals surface area contributed by atoms with Crippen LogP contribution in [0.3, 0.4) is 0 Å². The lowest BCUT2D eigenvalue weighted by Crippen LogP contribution is -3.15. The van der Waals surface area contributed by atoms with Crippen molar-refractivity contribution in [2.75, 3.05) is 13.1 Å². The van der Waals surface area contributed by atoms with Gasteiger partial charge in [0, 0.05) is 5.56 Å². The van der Waals surface area contributed by atoms with Gasteiger partial charge in [0.1, 0.15) is 41.8 Å². The van der Waals surface area contributed by atoms with Crippen molar-refractivity contribution >= 4 is 16.3 Å². The molecule has 2 aromatic heterocycles. The van der Waals surface area contributed by atoms with E-state index in [9.17, 15) is 9.50 Å². The Balaban J connectivity index is 1.82. The minimum absolute atomic E-state index is 0.110. The van der Waals surface area contributed by atoms with Crippen molar-refractivity contribution in [3.8, 4) is 5.88 Å². The van der Waals surface area contributed by atoms with Crippen LogP contribution in [0, 0.1) is 12.7 Å². The molecule has 0 saturated carbocycles. The van der Waals surface area contributed by atoms with Gasteiger partial charge in [-0.05, 0) is 45.0 Å². The van der Waals surface area contributed by atoms with Crippen molar-refractivity contribution in [2.24, 2.45) is 0 Å². The summed E-state index contributed by atoms with van der Waals surface area (Å²) in [5, 5.41) is 15.1. The van der Waals surface area contributed by atoms with E-state index in [1.54, 1.807) is 19.1 Å². The van der Waals surface area contributed by atoms with E-state index < -0.39 is 0 Å². The van der Waals surface area contributed by atoms with Gasteiger partial charge in [-0.2, -0.15) is 4.52 Å². The van der Waals surface area contributed by atoms with Crippen molar-refractivity contribution < 1.29 is 19.1 Å². The number of ether oxygens (including phenoxy) is 1. The predicted octanol–water partition coefficient (Wildman–Crippen LogP) is 1.73. The van der Waals surface area contributed by atoms with Crippen molar-refractivity contribution in [3.05, 3.63) is 46.3 Å². The molecule has 1 aromatic carbocycles. The summed E-state index contributed by atoms with van der Waals surface area (Å²) in [5.74, 6) is 0.463. The zero-order chi connectivity index (χ0) is 18.4. The van der Waals surface area contributed by atoms with Crippen molar-refractivity contribution in [2.45, 2.75) is 39.0 Å². The lowest BCUT2D eigenvalue weighted by Gasteiger charge is -2.37. The predicted molar refractivity (Wildman–Crippen MR) is 96.2 cm³/mol. The van der Waals surface area contributed by atoms with Gasteiger partial charge in [-0.3, -0.25) is 0 Å². The molecule has 138 valence electrons. The number of hydrogen-bond donors (Lipinski definition) is 2. The number of rotatable bonds is 3. The standard InChI is InChI=1S/C18H21FN4O2S/c1-10-8-22(9-11(2)25-10)15(13-4-6-14(19)7-5-13)16-17(24)23-18(26-16)20-12(3)21-23/h4-7,10-11,15,24H,8-9H2,1-3H3/p+1/t10-,11+,15-/m0/s1. The summed E-state index contributed by atoms with van der Waals surface area (Å²) in [6.07, 6.45) is 0.228. The Kier molecular flexibility index (Phi) is 4.42. The van der Waals surface area contributed by atoms with E-state index >= 15 is 0 Å². The second-order valence-corrected chi connectivity index (χ2v) is 7.96. The lowest BCUT2D eigenvalue weighted by molar-refractivity contribution is -0.939. The Labute approximate surface area is 154 Å². The van der Waals surface area contributed by atoms with Crippen LogP contribution in [0.4, 0.5) is 4.39 Å². The first-order valence-corrected chi connectivity index (χ1v) is 9.54. The van der Waals surface area contributed by atoms with Crippen LogP contribution in [0.2, 0.25) is 0 Å². The summed E-state index contributed by atoms with van der Waals surface area (Å²) in [6, 6.07) is 6.38. The molecule has 4 atom stereocenters. The first-order valence-electron chi connectivity index (χ1n) is 8.73. The molecule has 0 spiro atoms. The fourth-order valence-electron chi connectivity index (χ4n) is 3.81. The van der Waals surface area contributed by atoms with E-state index in [1.807, 2.05) is 0 Å². The molecule has 3 aromatic rings. The molecular weight excluding hydrogens is 355 g/mol. The normalized spacial score (nSPS) is 24.8. The van der Waals surface area contributed by atoms with Crippen LogP contribution in [0.25, 0.3) is 4.96 Å². The number of nitrogens with one attached hydrogen (secondary N) is 1. The highest BCUT2D eigenvalue weighted by atomic mass is 32.1. The number of thiazole rings is 1. The van der Waals surface area contributed by atoms with Gasteiger partial charge < -0.3 is 14.7 Å². The third-order valence-corrected chi connectivity index (χ3v) is 5.83. The third kappa shape index (κ3) is 3.08. The zero-order valence-corrected chi connectivity index (χ0v) is 15.8. The van der Waals surface area contributed by atoms with Crippen LogP contribution in [0.5, 0.6) is 5.88 Å². The number of morpholine rings is 1. The fourth-order valence-corrected chi connectivity index (χ4v) is 5.00. The van der Waals surface area contributed by atoms with E-state index in [2.05, 4.69) is 23.9 Å². The lowest BCUT2D eigenvalue weighted by atomic mass is 10.0. The maximum absolute atomic E-state index is 13.5. The Morgan fingerprint density at radius 2 is 1.92 bits per heavy atom.